The molecule has 0 amide bonds. The van der Waals surface area contributed by atoms with Gasteiger partial charge in [0.15, 0.2) is 5.58 Å². The van der Waals surface area contributed by atoms with E-state index in [-0.39, 0.29) is 0 Å². The average molecular weight is 479 g/mol. The zero-order valence-corrected chi connectivity index (χ0v) is 23.5. The molecule has 0 aliphatic heterocycles. The fourth-order valence-electron chi connectivity index (χ4n) is 2.72. The van der Waals surface area contributed by atoms with Gasteiger partial charge in [0, 0.05) is 11.9 Å². The van der Waals surface area contributed by atoms with E-state index in [0.717, 1.165) is 55.6 Å². The summed E-state index contributed by atoms with van der Waals surface area (Å²) in [4.78, 5) is 12.0. The van der Waals surface area contributed by atoms with Gasteiger partial charge in [-0.1, -0.05) is 65.6 Å². The number of hydrogen-bond acceptors (Lipinski definition) is 6. The van der Waals surface area contributed by atoms with Crippen molar-refractivity contribution in [3.05, 3.63) is 29.5 Å². The van der Waals surface area contributed by atoms with Gasteiger partial charge in [0.2, 0.25) is 0 Å². The van der Waals surface area contributed by atoms with Crippen molar-refractivity contribution < 1.29 is 9.32 Å². The SMILES string of the molecule is C=O.CC.CCCC=NCC.CCCc1noc2cc(C)ccc12.CCNCCCCNCC. The molecule has 198 valence electrons. The second-order valence-corrected chi connectivity index (χ2v) is 7.26. The Morgan fingerprint density at radius 3 is 2.03 bits per heavy atom. The summed E-state index contributed by atoms with van der Waals surface area (Å²) in [5.41, 5.74) is 3.20. The van der Waals surface area contributed by atoms with E-state index in [0.29, 0.717) is 0 Å². The van der Waals surface area contributed by atoms with Gasteiger partial charge in [-0.25, -0.2) is 0 Å². The van der Waals surface area contributed by atoms with Crippen molar-refractivity contribution in [2.45, 2.75) is 93.9 Å². The van der Waals surface area contributed by atoms with Gasteiger partial charge in [-0.15, -0.1) is 0 Å². The first kappa shape index (κ1) is 36.5. The molecule has 0 aliphatic rings. The van der Waals surface area contributed by atoms with Gasteiger partial charge >= 0.3 is 0 Å². The number of rotatable bonds is 12. The molecule has 6 nitrogen and oxygen atoms in total. The van der Waals surface area contributed by atoms with Crippen LogP contribution in [0.4, 0.5) is 0 Å². The Labute approximate surface area is 210 Å². The Morgan fingerprint density at radius 1 is 0.971 bits per heavy atom. The molecule has 0 aliphatic carbocycles. The molecule has 0 saturated carbocycles. The van der Waals surface area contributed by atoms with Crippen LogP contribution >= 0.6 is 0 Å². The fraction of sp³-hybridized carbons (Fsp3) is 0.679. The third kappa shape index (κ3) is 21.8. The maximum Gasteiger partial charge on any atom is 0.167 e. The summed E-state index contributed by atoms with van der Waals surface area (Å²) in [6.07, 6.45) is 9.02. The molecule has 1 heterocycles. The Kier molecular flexibility index (Phi) is 33.2. The molecule has 0 spiro atoms. The summed E-state index contributed by atoms with van der Waals surface area (Å²) in [6, 6.07) is 6.21. The van der Waals surface area contributed by atoms with Gasteiger partial charge in [-0.2, -0.15) is 0 Å². The summed E-state index contributed by atoms with van der Waals surface area (Å²) in [7, 11) is 0. The van der Waals surface area contributed by atoms with Gasteiger partial charge in [0.25, 0.3) is 0 Å². The second kappa shape index (κ2) is 30.9. The van der Waals surface area contributed by atoms with Crippen LogP contribution in [0.15, 0.2) is 27.7 Å². The summed E-state index contributed by atoms with van der Waals surface area (Å²) in [5, 5.41) is 11.8. The maximum atomic E-state index is 8.00. The number of carbonyl (C=O) groups is 1. The number of nitrogens with one attached hydrogen (secondary N) is 2. The number of fused-ring (bicyclic) bond motifs is 1. The molecule has 0 saturated heterocycles. The molecule has 34 heavy (non-hydrogen) atoms. The zero-order chi connectivity index (χ0) is 26.5. The van der Waals surface area contributed by atoms with Gasteiger partial charge in [0.1, 0.15) is 6.79 Å². The number of aromatic nitrogens is 1. The van der Waals surface area contributed by atoms with Crippen LogP contribution < -0.4 is 10.6 Å². The van der Waals surface area contributed by atoms with Crippen molar-refractivity contribution in [1.82, 2.24) is 15.8 Å². The average Bonchev–Trinajstić information content (AvgIpc) is 3.27. The van der Waals surface area contributed by atoms with Crippen molar-refractivity contribution >= 4 is 24.0 Å². The summed E-state index contributed by atoms with van der Waals surface area (Å²) >= 11 is 0. The first-order chi connectivity index (χ1) is 16.6. The van der Waals surface area contributed by atoms with Gasteiger partial charge in [-0.05, 0) is 89.6 Å². The van der Waals surface area contributed by atoms with Crippen molar-refractivity contribution in [3.63, 3.8) is 0 Å². The largest absolute Gasteiger partial charge is 0.356 e. The minimum atomic E-state index is 0.906. The molecule has 0 unspecified atom stereocenters. The van der Waals surface area contributed by atoms with Crippen LogP contribution in [0.2, 0.25) is 0 Å². The lowest BCUT2D eigenvalue weighted by Crippen LogP contribution is -2.18. The first-order valence-corrected chi connectivity index (χ1v) is 13.2. The van der Waals surface area contributed by atoms with Crippen molar-refractivity contribution in [3.8, 4) is 0 Å². The van der Waals surface area contributed by atoms with E-state index in [2.05, 4.69) is 67.5 Å². The molecule has 2 rings (SSSR count). The number of benzene rings is 1. The van der Waals surface area contributed by atoms with Crippen LogP contribution in [0, 0.1) is 6.92 Å². The predicted octanol–water partition coefficient (Wildman–Crippen LogP) is 6.79. The molecule has 0 fully saturated rings. The highest BCUT2D eigenvalue weighted by molar-refractivity contribution is 5.79. The van der Waals surface area contributed by atoms with Gasteiger partial charge in [0.05, 0.1) is 5.69 Å². The number of unbranched alkanes of at least 4 members (excludes halogenated alkanes) is 2. The molecular weight excluding hydrogens is 424 g/mol. The van der Waals surface area contributed by atoms with E-state index < -0.39 is 0 Å². The second-order valence-electron chi connectivity index (χ2n) is 7.26. The normalized spacial score (nSPS) is 9.65. The van der Waals surface area contributed by atoms with Crippen LogP contribution in [0.25, 0.3) is 11.0 Å². The Morgan fingerprint density at radius 2 is 1.56 bits per heavy atom. The van der Waals surface area contributed by atoms with Crippen molar-refractivity contribution in [1.29, 1.82) is 0 Å². The van der Waals surface area contributed by atoms with Crippen LogP contribution in [0.5, 0.6) is 0 Å². The summed E-state index contributed by atoms with van der Waals surface area (Å²) in [6.45, 7) is 24.2. The zero-order valence-electron chi connectivity index (χ0n) is 23.5. The van der Waals surface area contributed by atoms with E-state index in [4.69, 9.17) is 9.32 Å². The lowest BCUT2D eigenvalue weighted by molar-refractivity contribution is -0.0979. The highest BCUT2D eigenvalue weighted by Crippen LogP contribution is 2.20. The number of hydrogen-bond donors (Lipinski definition) is 2. The Hall–Kier alpha value is -2.05. The molecule has 0 bridgehead atoms. The lowest BCUT2D eigenvalue weighted by Gasteiger charge is -2.01. The smallest absolute Gasteiger partial charge is 0.167 e. The molecule has 0 radical (unpaired) electrons. The molecule has 6 heteroatoms. The van der Waals surface area contributed by atoms with Crippen LogP contribution in [-0.4, -0.2) is 50.9 Å². The first-order valence-electron chi connectivity index (χ1n) is 13.2. The van der Waals surface area contributed by atoms with E-state index in [1.54, 1.807) is 0 Å². The van der Waals surface area contributed by atoms with Crippen molar-refractivity contribution in [2.75, 3.05) is 32.7 Å². The van der Waals surface area contributed by atoms with Crippen LogP contribution in [0.3, 0.4) is 0 Å². The lowest BCUT2D eigenvalue weighted by atomic mass is 10.1. The quantitative estimate of drug-likeness (QED) is 0.259. The number of aryl methyl sites for hydroxylation is 2. The Bertz CT molecular complexity index is 663. The number of carbonyl (C=O) groups excluding carboxylic acids is 1. The maximum absolute atomic E-state index is 8.00. The highest BCUT2D eigenvalue weighted by Gasteiger charge is 2.06. The minimum Gasteiger partial charge on any atom is -0.356 e. The Balaban J connectivity index is -0.000000411. The topological polar surface area (TPSA) is 79.5 Å². The van der Waals surface area contributed by atoms with E-state index in [9.17, 15) is 0 Å². The molecule has 2 aromatic rings. The van der Waals surface area contributed by atoms with Gasteiger partial charge < -0.3 is 20.0 Å². The molecular formula is C28H54N4O2. The minimum absolute atomic E-state index is 0.906. The van der Waals surface area contributed by atoms with E-state index >= 15 is 0 Å². The van der Waals surface area contributed by atoms with E-state index in [1.165, 1.54) is 37.9 Å². The van der Waals surface area contributed by atoms with E-state index in [1.807, 2.05) is 39.8 Å². The van der Waals surface area contributed by atoms with Gasteiger partial charge in [-0.3, -0.25) is 4.99 Å². The van der Waals surface area contributed by atoms with Crippen LogP contribution in [0.1, 0.15) is 91.8 Å². The molecule has 1 aromatic heterocycles. The molecule has 2 N–H and O–H groups in total. The third-order valence-electron chi connectivity index (χ3n) is 4.38. The van der Waals surface area contributed by atoms with Crippen molar-refractivity contribution in [2.24, 2.45) is 4.99 Å². The summed E-state index contributed by atoms with van der Waals surface area (Å²) in [5.74, 6) is 0. The monoisotopic (exact) mass is 478 g/mol. The van der Waals surface area contributed by atoms with Crippen LogP contribution in [-0.2, 0) is 11.2 Å². The fourth-order valence-corrected chi connectivity index (χ4v) is 2.72. The highest BCUT2D eigenvalue weighted by atomic mass is 16.5. The third-order valence-corrected chi connectivity index (χ3v) is 4.38. The number of aliphatic imine (C=N–C) groups is 1. The standard InChI is InChI=1S/C11H13NO.C8H20N2.C6H13N.C2H6.CH2O/c1-3-4-10-9-6-5-8(2)7-11(9)13-12-10;1-3-9-7-5-6-8-10-4-2;1-3-5-6-7-4-2;2*1-2/h5-7H,3-4H2,1-2H3;9-10H,3-8H2,1-2H3;6H,3-5H2,1-2H3;1-2H3;1H2. The number of nitrogens with zero attached hydrogens (tertiary/aromatic N) is 2. The molecule has 1 aromatic carbocycles. The predicted molar refractivity (Wildman–Crippen MR) is 151 cm³/mol. The molecule has 0 atom stereocenters. The summed E-state index contributed by atoms with van der Waals surface area (Å²) < 4.78 is 5.23.